The normalized spacial score (nSPS) is 19.9. The lowest BCUT2D eigenvalue weighted by atomic mass is 10.0. The van der Waals surface area contributed by atoms with Crippen LogP contribution in [0.3, 0.4) is 0 Å². The summed E-state index contributed by atoms with van der Waals surface area (Å²) >= 11 is 0. The van der Waals surface area contributed by atoms with Gasteiger partial charge in [-0.25, -0.2) is 8.42 Å². The Morgan fingerprint density at radius 1 is 1.00 bits per heavy atom. The van der Waals surface area contributed by atoms with E-state index in [4.69, 9.17) is 0 Å². The molecule has 4 rings (SSSR count). The topological polar surface area (TPSA) is 69.7 Å². The van der Waals surface area contributed by atoms with Gasteiger partial charge in [-0.2, -0.15) is 0 Å². The number of likely N-dealkylation sites (tertiary alicyclic amines) is 1. The molecule has 0 atom stereocenters. The van der Waals surface area contributed by atoms with E-state index in [2.05, 4.69) is 34.5 Å². The van der Waals surface area contributed by atoms with Gasteiger partial charge in [0.2, 0.25) is 10.0 Å². The Kier molecular flexibility index (Phi) is 5.87. The Balaban J connectivity index is 1.33. The maximum absolute atomic E-state index is 12.7. The average Bonchev–Trinajstić information content (AvgIpc) is 3.09. The van der Waals surface area contributed by atoms with Crippen LogP contribution in [-0.4, -0.2) is 50.7 Å². The van der Waals surface area contributed by atoms with Gasteiger partial charge >= 0.3 is 0 Å². The lowest BCUT2D eigenvalue weighted by molar-refractivity contribution is 0.0909. The molecule has 6 nitrogen and oxygen atoms in total. The van der Waals surface area contributed by atoms with Gasteiger partial charge in [0.05, 0.1) is 11.4 Å². The van der Waals surface area contributed by atoms with E-state index in [-0.39, 0.29) is 17.7 Å². The van der Waals surface area contributed by atoms with Gasteiger partial charge in [0, 0.05) is 37.8 Å². The molecule has 29 heavy (non-hydrogen) atoms. The van der Waals surface area contributed by atoms with Crippen molar-refractivity contribution in [2.75, 3.05) is 29.7 Å². The second-order valence-corrected chi connectivity index (χ2v) is 9.81. The van der Waals surface area contributed by atoms with Crippen LogP contribution in [0.4, 0.5) is 5.69 Å². The van der Waals surface area contributed by atoms with Crippen LogP contribution in [0.5, 0.6) is 0 Å². The minimum atomic E-state index is -3.25. The van der Waals surface area contributed by atoms with Gasteiger partial charge in [-0.3, -0.25) is 14.0 Å². The second kappa shape index (κ2) is 8.55. The molecule has 0 unspecified atom stereocenters. The quantitative estimate of drug-likeness (QED) is 0.818. The number of anilines is 1. The van der Waals surface area contributed by atoms with Crippen LogP contribution in [0.15, 0.2) is 54.6 Å². The van der Waals surface area contributed by atoms with Crippen molar-refractivity contribution in [3.05, 3.63) is 65.7 Å². The molecule has 1 amide bonds. The number of amides is 1. The molecule has 0 aliphatic carbocycles. The Hall–Kier alpha value is -2.38. The van der Waals surface area contributed by atoms with Gasteiger partial charge in [-0.1, -0.05) is 36.4 Å². The van der Waals surface area contributed by atoms with Gasteiger partial charge in [0.1, 0.15) is 0 Å². The Bertz CT molecular complexity index is 954. The summed E-state index contributed by atoms with van der Waals surface area (Å²) in [6.45, 7) is 3.32. The molecule has 0 radical (unpaired) electrons. The highest BCUT2D eigenvalue weighted by molar-refractivity contribution is 7.93. The highest BCUT2D eigenvalue weighted by Crippen LogP contribution is 2.25. The highest BCUT2D eigenvalue weighted by atomic mass is 32.2. The van der Waals surface area contributed by atoms with Gasteiger partial charge in [0.15, 0.2) is 0 Å². The zero-order chi connectivity index (χ0) is 20.3. The third-order valence-electron chi connectivity index (χ3n) is 5.67. The number of carbonyl (C=O) groups is 1. The molecule has 2 aromatic carbocycles. The van der Waals surface area contributed by atoms with E-state index in [1.54, 1.807) is 24.3 Å². The summed E-state index contributed by atoms with van der Waals surface area (Å²) in [4.78, 5) is 15.1. The van der Waals surface area contributed by atoms with Crippen molar-refractivity contribution in [2.45, 2.75) is 31.8 Å². The molecule has 0 spiro atoms. The van der Waals surface area contributed by atoms with Crippen LogP contribution in [0.25, 0.3) is 0 Å². The maximum atomic E-state index is 12.7. The number of carbonyl (C=O) groups excluding carboxylic acids is 1. The lowest BCUT2D eigenvalue weighted by Gasteiger charge is -2.32. The number of rotatable bonds is 5. The number of hydrogen-bond acceptors (Lipinski definition) is 4. The van der Waals surface area contributed by atoms with Crippen molar-refractivity contribution < 1.29 is 13.2 Å². The standard InChI is InChI=1S/C22H27N3O3S/c26-22(19-8-4-9-21(16-19)25-12-5-15-29(25,27)28)23-20-10-13-24(14-11-20)17-18-6-2-1-3-7-18/h1-4,6-9,16,20H,5,10-15,17H2,(H,23,26). The third kappa shape index (κ3) is 4.79. The van der Waals surface area contributed by atoms with E-state index in [1.165, 1.54) is 9.87 Å². The summed E-state index contributed by atoms with van der Waals surface area (Å²) in [7, 11) is -3.25. The number of hydrogen-bond donors (Lipinski definition) is 1. The van der Waals surface area contributed by atoms with Crippen molar-refractivity contribution >= 4 is 21.6 Å². The fourth-order valence-corrected chi connectivity index (χ4v) is 5.63. The largest absolute Gasteiger partial charge is 0.349 e. The summed E-state index contributed by atoms with van der Waals surface area (Å²) in [5, 5.41) is 3.12. The summed E-state index contributed by atoms with van der Waals surface area (Å²) in [5.41, 5.74) is 2.40. The van der Waals surface area contributed by atoms with Crippen molar-refractivity contribution in [3.63, 3.8) is 0 Å². The first-order valence-electron chi connectivity index (χ1n) is 10.2. The molecule has 2 fully saturated rings. The van der Waals surface area contributed by atoms with Crippen LogP contribution >= 0.6 is 0 Å². The SMILES string of the molecule is O=C(NC1CCN(Cc2ccccc2)CC1)c1cccc(N2CCCS2(=O)=O)c1. The maximum Gasteiger partial charge on any atom is 0.251 e. The zero-order valence-corrected chi connectivity index (χ0v) is 17.3. The fourth-order valence-electron chi connectivity index (χ4n) is 4.08. The first-order chi connectivity index (χ1) is 14.0. The Morgan fingerprint density at radius 3 is 2.45 bits per heavy atom. The van der Waals surface area contributed by atoms with E-state index in [1.807, 2.05) is 6.07 Å². The van der Waals surface area contributed by atoms with E-state index >= 15 is 0 Å². The molecule has 154 valence electrons. The number of nitrogens with zero attached hydrogens (tertiary/aromatic N) is 2. The van der Waals surface area contributed by atoms with E-state index in [0.29, 0.717) is 24.2 Å². The van der Waals surface area contributed by atoms with E-state index in [9.17, 15) is 13.2 Å². The summed E-state index contributed by atoms with van der Waals surface area (Å²) in [6.07, 6.45) is 2.46. The van der Waals surface area contributed by atoms with Crippen LogP contribution in [0.2, 0.25) is 0 Å². The molecular weight excluding hydrogens is 386 g/mol. The van der Waals surface area contributed by atoms with Crippen molar-refractivity contribution in [2.24, 2.45) is 0 Å². The smallest absolute Gasteiger partial charge is 0.251 e. The Morgan fingerprint density at radius 2 is 1.76 bits per heavy atom. The molecule has 0 saturated carbocycles. The monoisotopic (exact) mass is 413 g/mol. The first-order valence-corrected chi connectivity index (χ1v) is 11.8. The molecule has 2 aliphatic rings. The lowest BCUT2D eigenvalue weighted by Crippen LogP contribution is -2.44. The second-order valence-electron chi connectivity index (χ2n) is 7.80. The van der Waals surface area contributed by atoms with Crippen molar-refractivity contribution in [1.29, 1.82) is 0 Å². The number of nitrogens with one attached hydrogen (secondary N) is 1. The predicted molar refractivity (Wildman–Crippen MR) is 114 cm³/mol. The molecule has 0 aromatic heterocycles. The average molecular weight is 414 g/mol. The number of sulfonamides is 1. The van der Waals surface area contributed by atoms with Gasteiger partial charge in [0.25, 0.3) is 5.91 Å². The molecular formula is C22H27N3O3S. The Labute approximate surface area is 172 Å². The van der Waals surface area contributed by atoms with Gasteiger partial charge in [-0.15, -0.1) is 0 Å². The fraction of sp³-hybridized carbons (Fsp3) is 0.409. The molecule has 7 heteroatoms. The highest BCUT2D eigenvalue weighted by Gasteiger charge is 2.29. The van der Waals surface area contributed by atoms with Crippen molar-refractivity contribution in [1.82, 2.24) is 10.2 Å². The molecule has 1 N–H and O–H groups in total. The third-order valence-corrected chi connectivity index (χ3v) is 7.54. The zero-order valence-electron chi connectivity index (χ0n) is 16.5. The minimum absolute atomic E-state index is 0.134. The number of piperidine rings is 1. The van der Waals surface area contributed by atoms with Crippen LogP contribution in [0, 0.1) is 0 Å². The van der Waals surface area contributed by atoms with Crippen LogP contribution in [-0.2, 0) is 16.6 Å². The molecule has 2 saturated heterocycles. The molecule has 2 aromatic rings. The summed E-state index contributed by atoms with van der Waals surface area (Å²) < 4.78 is 25.7. The minimum Gasteiger partial charge on any atom is -0.349 e. The van der Waals surface area contributed by atoms with Crippen LogP contribution < -0.4 is 9.62 Å². The summed E-state index contributed by atoms with van der Waals surface area (Å²) in [5.74, 6) is 0.0373. The summed E-state index contributed by atoms with van der Waals surface area (Å²) in [6, 6.07) is 17.5. The first kappa shape index (κ1) is 19.9. The van der Waals surface area contributed by atoms with Crippen LogP contribution in [0.1, 0.15) is 35.2 Å². The molecule has 0 bridgehead atoms. The van der Waals surface area contributed by atoms with Gasteiger partial charge < -0.3 is 5.32 Å². The van der Waals surface area contributed by atoms with Gasteiger partial charge in [-0.05, 0) is 43.0 Å². The molecule has 2 aliphatic heterocycles. The van der Waals surface area contributed by atoms with Crippen molar-refractivity contribution in [3.8, 4) is 0 Å². The van der Waals surface area contributed by atoms with E-state index in [0.717, 1.165) is 32.5 Å². The molecule has 2 heterocycles. The predicted octanol–water partition coefficient (Wildman–Crippen LogP) is 2.62. The number of benzene rings is 2. The van der Waals surface area contributed by atoms with E-state index < -0.39 is 10.0 Å².